The fraction of sp³-hybridized carbons (Fsp3) is 0.556. The summed E-state index contributed by atoms with van der Waals surface area (Å²) in [6, 6.07) is 6.01. The molecule has 2 aliphatic heterocycles. The van der Waals surface area contributed by atoms with Gasteiger partial charge in [-0.15, -0.1) is 0 Å². The molecule has 1 aromatic heterocycles. The molecule has 1 aromatic rings. The average molecular weight is 331 g/mol. The molecule has 2 fully saturated rings. The quantitative estimate of drug-likeness (QED) is 0.903. The lowest BCUT2D eigenvalue weighted by molar-refractivity contribution is -0.123. The molecular weight excluding hydrogens is 306 g/mol. The standard InChI is InChI=1S/C18H25N3O3/c1-14-3-2-4-16(19-14)13-15-5-9-20(10-6-15)18(22)24-17-7-11-21(23)12-8-17/h2-4,13,17,23H,5-12H2,1H3. The highest BCUT2D eigenvalue weighted by Gasteiger charge is 2.25. The van der Waals surface area contributed by atoms with Crippen molar-refractivity contribution in [1.82, 2.24) is 14.9 Å². The fourth-order valence-corrected chi connectivity index (χ4v) is 3.15. The van der Waals surface area contributed by atoms with Gasteiger partial charge in [0, 0.05) is 31.9 Å². The Morgan fingerprint density at radius 2 is 1.96 bits per heavy atom. The van der Waals surface area contributed by atoms with Gasteiger partial charge in [0.1, 0.15) is 6.10 Å². The second-order valence-electron chi connectivity index (χ2n) is 6.53. The number of rotatable bonds is 2. The monoisotopic (exact) mass is 331 g/mol. The van der Waals surface area contributed by atoms with E-state index in [0.717, 1.165) is 24.2 Å². The van der Waals surface area contributed by atoms with Crippen molar-refractivity contribution in [1.29, 1.82) is 0 Å². The largest absolute Gasteiger partial charge is 0.446 e. The van der Waals surface area contributed by atoms with Gasteiger partial charge in [0.2, 0.25) is 0 Å². The third-order valence-corrected chi connectivity index (χ3v) is 4.61. The minimum absolute atomic E-state index is 0.0747. The second-order valence-corrected chi connectivity index (χ2v) is 6.53. The number of ether oxygens (including phenoxy) is 1. The lowest BCUT2D eigenvalue weighted by Gasteiger charge is -2.32. The van der Waals surface area contributed by atoms with Crippen LogP contribution >= 0.6 is 0 Å². The number of carbonyl (C=O) groups excluding carboxylic acids is 1. The number of nitrogens with zero attached hydrogens (tertiary/aromatic N) is 3. The van der Waals surface area contributed by atoms with Crippen LogP contribution in [0.5, 0.6) is 0 Å². The zero-order valence-corrected chi connectivity index (χ0v) is 14.1. The van der Waals surface area contributed by atoms with E-state index in [9.17, 15) is 10.0 Å². The van der Waals surface area contributed by atoms with Crippen LogP contribution in [-0.4, -0.2) is 58.5 Å². The van der Waals surface area contributed by atoms with E-state index in [1.54, 1.807) is 4.90 Å². The maximum Gasteiger partial charge on any atom is 0.410 e. The van der Waals surface area contributed by atoms with E-state index in [-0.39, 0.29) is 12.2 Å². The van der Waals surface area contributed by atoms with Crippen molar-refractivity contribution >= 4 is 12.2 Å². The van der Waals surface area contributed by atoms with E-state index < -0.39 is 0 Å². The predicted molar refractivity (Wildman–Crippen MR) is 90.6 cm³/mol. The summed E-state index contributed by atoms with van der Waals surface area (Å²) >= 11 is 0. The van der Waals surface area contributed by atoms with Crippen LogP contribution in [0, 0.1) is 6.92 Å². The molecule has 2 aliphatic rings. The van der Waals surface area contributed by atoms with Crippen LogP contribution in [-0.2, 0) is 4.74 Å². The summed E-state index contributed by atoms with van der Waals surface area (Å²) in [7, 11) is 0. The van der Waals surface area contributed by atoms with Gasteiger partial charge in [0.25, 0.3) is 0 Å². The molecule has 2 saturated heterocycles. The van der Waals surface area contributed by atoms with E-state index in [0.29, 0.717) is 39.0 Å². The first kappa shape index (κ1) is 16.9. The fourth-order valence-electron chi connectivity index (χ4n) is 3.15. The summed E-state index contributed by atoms with van der Waals surface area (Å²) in [5.74, 6) is 0. The van der Waals surface area contributed by atoms with Crippen LogP contribution in [0.25, 0.3) is 6.08 Å². The van der Waals surface area contributed by atoms with Crippen LogP contribution in [0.3, 0.4) is 0 Å². The van der Waals surface area contributed by atoms with Crippen LogP contribution < -0.4 is 0 Å². The Balaban J connectivity index is 1.48. The van der Waals surface area contributed by atoms with Gasteiger partial charge in [0.05, 0.1) is 5.69 Å². The topological polar surface area (TPSA) is 65.9 Å². The Kier molecular flexibility index (Phi) is 5.48. The lowest BCUT2D eigenvalue weighted by Crippen LogP contribution is -2.41. The maximum atomic E-state index is 12.3. The first-order valence-corrected chi connectivity index (χ1v) is 8.62. The summed E-state index contributed by atoms with van der Waals surface area (Å²) in [5, 5.41) is 10.6. The number of carbonyl (C=O) groups is 1. The average Bonchev–Trinajstić information content (AvgIpc) is 2.57. The molecule has 3 heterocycles. The number of aryl methyl sites for hydroxylation is 1. The Hall–Kier alpha value is -1.92. The van der Waals surface area contributed by atoms with E-state index in [4.69, 9.17) is 4.74 Å². The van der Waals surface area contributed by atoms with Crippen molar-refractivity contribution in [2.75, 3.05) is 26.2 Å². The summed E-state index contributed by atoms with van der Waals surface area (Å²) in [5.41, 5.74) is 3.32. The van der Waals surface area contributed by atoms with E-state index in [1.165, 1.54) is 10.6 Å². The van der Waals surface area contributed by atoms with Gasteiger partial charge in [-0.1, -0.05) is 11.6 Å². The Bertz CT molecular complexity index is 599. The minimum atomic E-state index is -0.223. The van der Waals surface area contributed by atoms with Crippen molar-refractivity contribution in [3.63, 3.8) is 0 Å². The molecule has 0 saturated carbocycles. The number of hydroxylamine groups is 2. The van der Waals surface area contributed by atoms with Gasteiger partial charge in [-0.05, 0) is 50.8 Å². The number of pyridine rings is 1. The molecule has 3 rings (SSSR count). The molecule has 0 aromatic carbocycles. The number of piperidine rings is 2. The van der Waals surface area contributed by atoms with Gasteiger partial charge in [0.15, 0.2) is 0 Å². The Morgan fingerprint density at radius 3 is 2.62 bits per heavy atom. The number of amides is 1. The second kappa shape index (κ2) is 7.77. The molecule has 0 radical (unpaired) electrons. The lowest BCUT2D eigenvalue weighted by atomic mass is 10.0. The Labute approximate surface area is 142 Å². The van der Waals surface area contributed by atoms with Crippen molar-refractivity contribution in [2.45, 2.75) is 38.7 Å². The summed E-state index contributed by atoms with van der Waals surface area (Å²) in [6.07, 6.45) is 4.95. The molecule has 0 unspecified atom stereocenters. The van der Waals surface area contributed by atoms with Gasteiger partial charge in [-0.3, -0.25) is 4.98 Å². The molecule has 1 amide bonds. The van der Waals surface area contributed by atoms with Crippen LogP contribution in [0.4, 0.5) is 4.79 Å². The minimum Gasteiger partial charge on any atom is -0.446 e. The van der Waals surface area contributed by atoms with E-state index >= 15 is 0 Å². The molecule has 0 atom stereocenters. The highest BCUT2D eigenvalue weighted by Crippen LogP contribution is 2.21. The first-order chi connectivity index (χ1) is 11.6. The van der Waals surface area contributed by atoms with E-state index in [2.05, 4.69) is 11.1 Å². The molecule has 6 heteroatoms. The molecule has 0 bridgehead atoms. The van der Waals surface area contributed by atoms with Gasteiger partial charge in [-0.25, -0.2) is 4.79 Å². The number of likely N-dealkylation sites (tertiary alicyclic amines) is 1. The Morgan fingerprint density at radius 1 is 1.25 bits per heavy atom. The van der Waals surface area contributed by atoms with Crippen molar-refractivity contribution < 1.29 is 14.7 Å². The van der Waals surface area contributed by atoms with Crippen molar-refractivity contribution in [2.24, 2.45) is 0 Å². The molecule has 24 heavy (non-hydrogen) atoms. The van der Waals surface area contributed by atoms with Gasteiger partial charge >= 0.3 is 6.09 Å². The van der Waals surface area contributed by atoms with Crippen molar-refractivity contribution in [3.05, 3.63) is 35.2 Å². The molecular formula is C18H25N3O3. The SMILES string of the molecule is Cc1cccc(C=C2CCN(C(=O)OC3CCN(O)CC3)CC2)n1. The van der Waals surface area contributed by atoms with Crippen LogP contribution in [0.2, 0.25) is 0 Å². The number of hydrogen-bond donors (Lipinski definition) is 1. The zero-order valence-electron chi connectivity index (χ0n) is 14.1. The van der Waals surface area contributed by atoms with E-state index in [1.807, 2.05) is 25.1 Å². The molecule has 1 N–H and O–H groups in total. The first-order valence-electron chi connectivity index (χ1n) is 8.62. The van der Waals surface area contributed by atoms with Gasteiger partial charge < -0.3 is 14.8 Å². The maximum absolute atomic E-state index is 12.3. The smallest absolute Gasteiger partial charge is 0.410 e. The van der Waals surface area contributed by atoms with Crippen LogP contribution in [0.15, 0.2) is 23.8 Å². The summed E-state index contributed by atoms with van der Waals surface area (Å²) in [6.45, 7) is 4.50. The molecule has 130 valence electrons. The summed E-state index contributed by atoms with van der Waals surface area (Å²) < 4.78 is 5.57. The van der Waals surface area contributed by atoms with Gasteiger partial charge in [-0.2, -0.15) is 5.06 Å². The van der Waals surface area contributed by atoms with Crippen molar-refractivity contribution in [3.8, 4) is 0 Å². The normalized spacial score (nSPS) is 20.1. The molecule has 0 aliphatic carbocycles. The number of aromatic nitrogens is 1. The summed E-state index contributed by atoms with van der Waals surface area (Å²) in [4.78, 5) is 18.5. The third kappa shape index (κ3) is 4.55. The molecule has 6 nitrogen and oxygen atoms in total. The van der Waals surface area contributed by atoms with Crippen LogP contribution in [0.1, 0.15) is 37.1 Å². The molecule has 0 spiro atoms. The zero-order chi connectivity index (χ0) is 16.9. The predicted octanol–water partition coefficient (Wildman–Crippen LogP) is 2.86. The number of hydrogen-bond acceptors (Lipinski definition) is 5. The highest BCUT2D eigenvalue weighted by atomic mass is 16.6. The highest BCUT2D eigenvalue weighted by molar-refractivity contribution is 5.68. The third-order valence-electron chi connectivity index (χ3n) is 4.61.